The van der Waals surface area contributed by atoms with Crippen molar-refractivity contribution in [3.8, 4) is 5.69 Å². The van der Waals surface area contributed by atoms with Crippen molar-refractivity contribution >= 4 is 5.97 Å². The van der Waals surface area contributed by atoms with Gasteiger partial charge in [-0.1, -0.05) is 18.2 Å². The molecule has 0 radical (unpaired) electrons. The molecule has 4 aliphatic carbocycles. The van der Waals surface area contributed by atoms with Crippen LogP contribution in [0.4, 0.5) is 0 Å². The molecule has 0 atom stereocenters. The Hall–Kier alpha value is -2.10. The van der Waals surface area contributed by atoms with Crippen molar-refractivity contribution in [3.63, 3.8) is 0 Å². The number of carbonyl (C=O) groups is 1. The number of aryl methyl sites for hydroxylation is 1. The zero-order chi connectivity index (χ0) is 18.3. The quantitative estimate of drug-likeness (QED) is 0.825. The van der Waals surface area contributed by atoms with Gasteiger partial charge in [-0.3, -0.25) is 0 Å². The Labute approximate surface area is 155 Å². The van der Waals surface area contributed by atoms with E-state index in [1.807, 2.05) is 34.9 Å². The van der Waals surface area contributed by atoms with E-state index in [1.54, 1.807) is 52.4 Å². The third-order valence-electron chi connectivity index (χ3n) is 6.49. The third kappa shape index (κ3) is 3.29. The minimum absolute atomic E-state index is 0.112. The van der Waals surface area contributed by atoms with Gasteiger partial charge in [-0.15, -0.1) is 0 Å². The summed E-state index contributed by atoms with van der Waals surface area (Å²) in [4.78, 5) is 15.0. The van der Waals surface area contributed by atoms with Gasteiger partial charge in [0.2, 0.25) is 0 Å². The highest BCUT2D eigenvalue weighted by molar-refractivity contribution is 5.87. The number of benzene rings is 1. The topological polar surface area (TPSA) is 55.1 Å². The summed E-state index contributed by atoms with van der Waals surface area (Å²) in [6.45, 7) is 3.56. The van der Waals surface area contributed by atoms with E-state index in [-0.39, 0.29) is 5.69 Å². The Morgan fingerprint density at radius 2 is 1.38 bits per heavy atom. The molecule has 0 spiro atoms. The molecule has 1 N–H and O–H groups in total. The minimum atomic E-state index is -0.990. The normalized spacial score (nSPS) is 28.5. The van der Waals surface area contributed by atoms with E-state index in [2.05, 4.69) is 4.98 Å². The third-order valence-corrected chi connectivity index (χ3v) is 6.49. The van der Waals surface area contributed by atoms with Crippen LogP contribution in [-0.2, 0) is 0 Å². The van der Waals surface area contributed by atoms with E-state index >= 15 is 0 Å². The lowest BCUT2D eigenvalue weighted by Gasteiger charge is -2.49. The van der Waals surface area contributed by atoms with Gasteiger partial charge in [-0.05, 0) is 88.2 Å². The molecule has 6 rings (SSSR count). The molecule has 2 aromatic rings. The average Bonchev–Trinajstić information content (AvgIpc) is 2.90. The summed E-state index contributed by atoms with van der Waals surface area (Å²) < 4.78 is 1.84. The molecule has 4 bridgehead atoms. The van der Waals surface area contributed by atoms with E-state index in [0.29, 0.717) is 11.5 Å². The van der Waals surface area contributed by atoms with Crippen LogP contribution in [0.2, 0.25) is 0 Å². The number of hydrogen-bond donors (Lipinski definition) is 1. The van der Waals surface area contributed by atoms with Gasteiger partial charge in [0.1, 0.15) is 5.82 Å². The molecular formula is C22H28N2O2. The van der Waals surface area contributed by atoms with Crippen LogP contribution in [0.5, 0.6) is 0 Å². The van der Waals surface area contributed by atoms with Gasteiger partial charge >= 0.3 is 5.97 Å². The van der Waals surface area contributed by atoms with Crippen molar-refractivity contribution < 1.29 is 9.90 Å². The fourth-order valence-electron chi connectivity index (χ4n) is 5.78. The minimum Gasteiger partial charge on any atom is -0.476 e. The number of rotatable bonds is 2. The molecule has 0 saturated heterocycles. The first kappa shape index (κ1) is 17.3. The number of aromatic carboxylic acids is 1. The van der Waals surface area contributed by atoms with Crippen LogP contribution in [0.1, 0.15) is 60.5 Å². The van der Waals surface area contributed by atoms with Crippen molar-refractivity contribution in [2.24, 2.45) is 23.7 Å². The number of para-hydroxylation sites is 1. The zero-order valence-corrected chi connectivity index (χ0v) is 15.7. The van der Waals surface area contributed by atoms with Crippen molar-refractivity contribution in [3.05, 3.63) is 47.5 Å². The summed E-state index contributed by atoms with van der Waals surface area (Å²) in [5, 5.41) is 8.97. The van der Waals surface area contributed by atoms with Crippen molar-refractivity contribution in [1.29, 1.82) is 0 Å². The number of carboxylic acid groups (broad SMARTS) is 1. The van der Waals surface area contributed by atoms with Gasteiger partial charge in [-0.2, -0.15) is 0 Å². The Balaban J connectivity index is 0.000000142. The highest BCUT2D eigenvalue weighted by Crippen LogP contribution is 2.53. The summed E-state index contributed by atoms with van der Waals surface area (Å²) in [6, 6.07) is 9.59. The van der Waals surface area contributed by atoms with Gasteiger partial charge in [0.25, 0.3) is 0 Å². The van der Waals surface area contributed by atoms with Gasteiger partial charge in [0.15, 0.2) is 5.69 Å². The molecule has 1 aromatic carbocycles. The van der Waals surface area contributed by atoms with Gasteiger partial charge in [0.05, 0.1) is 5.69 Å². The monoisotopic (exact) mass is 352 g/mol. The predicted molar refractivity (Wildman–Crippen MR) is 102 cm³/mol. The molecule has 26 heavy (non-hydrogen) atoms. The van der Waals surface area contributed by atoms with E-state index < -0.39 is 5.97 Å². The van der Waals surface area contributed by atoms with Crippen LogP contribution >= 0.6 is 0 Å². The number of hydrogen-bond acceptors (Lipinski definition) is 2. The molecule has 138 valence electrons. The number of nitrogens with zero attached hydrogens (tertiary/aromatic N) is 2. The standard InChI is InChI=1S/C12H12N2O2.C10H16/c1-8-11(12(15)16)13-9(2)14(8)10-6-4-3-5-7-10;1-7-2-9-4-8(1)5-10(3-7)6-9/h3-7H,1-2H3,(H,15,16);7-10H,1-6H2. The SMILES string of the molecule is C1C2CC3CC1CC(C2)C3.Cc1nc(C(=O)O)c(C)n1-c1ccccc1. The van der Waals surface area contributed by atoms with Crippen LogP contribution in [-0.4, -0.2) is 20.6 Å². The second-order valence-corrected chi connectivity index (χ2v) is 8.45. The van der Waals surface area contributed by atoms with Crippen molar-refractivity contribution in [1.82, 2.24) is 9.55 Å². The van der Waals surface area contributed by atoms with Crippen LogP contribution in [0, 0.1) is 37.5 Å². The highest BCUT2D eigenvalue weighted by Gasteiger charge is 2.41. The first-order chi connectivity index (χ1) is 12.5. The fraction of sp³-hybridized carbons (Fsp3) is 0.545. The van der Waals surface area contributed by atoms with Crippen molar-refractivity contribution in [2.45, 2.75) is 52.4 Å². The van der Waals surface area contributed by atoms with Crippen LogP contribution in [0.15, 0.2) is 30.3 Å². The molecule has 4 saturated carbocycles. The lowest BCUT2D eigenvalue weighted by atomic mass is 9.56. The molecule has 4 heteroatoms. The lowest BCUT2D eigenvalue weighted by molar-refractivity contribution is 0.0198. The van der Waals surface area contributed by atoms with E-state index in [4.69, 9.17) is 5.11 Å². The van der Waals surface area contributed by atoms with E-state index in [0.717, 1.165) is 5.69 Å². The first-order valence-corrected chi connectivity index (χ1v) is 9.86. The average molecular weight is 352 g/mol. The Bertz CT molecular complexity index is 737. The van der Waals surface area contributed by atoms with E-state index in [1.165, 1.54) is 23.7 Å². The summed E-state index contributed by atoms with van der Waals surface area (Å²) in [5.41, 5.74) is 1.69. The highest BCUT2D eigenvalue weighted by atomic mass is 16.4. The van der Waals surface area contributed by atoms with Crippen LogP contribution < -0.4 is 0 Å². The maximum absolute atomic E-state index is 10.9. The molecule has 4 aliphatic rings. The number of aromatic nitrogens is 2. The maximum Gasteiger partial charge on any atom is 0.356 e. The van der Waals surface area contributed by atoms with E-state index in [9.17, 15) is 4.79 Å². The fourth-order valence-corrected chi connectivity index (χ4v) is 5.78. The predicted octanol–water partition coefficient (Wildman–Crippen LogP) is 5.02. The first-order valence-electron chi connectivity index (χ1n) is 9.86. The molecule has 0 amide bonds. The molecule has 1 aromatic heterocycles. The lowest BCUT2D eigenvalue weighted by Crippen LogP contribution is -2.38. The molecule has 1 heterocycles. The Kier molecular flexibility index (Phi) is 4.60. The molecular weight excluding hydrogens is 324 g/mol. The second-order valence-electron chi connectivity index (χ2n) is 8.45. The van der Waals surface area contributed by atoms with Crippen LogP contribution in [0.3, 0.4) is 0 Å². The largest absolute Gasteiger partial charge is 0.476 e. The van der Waals surface area contributed by atoms with Gasteiger partial charge in [0, 0.05) is 5.69 Å². The molecule has 0 unspecified atom stereocenters. The molecule has 0 aliphatic heterocycles. The summed E-state index contributed by atoms with van der Waals surface area (Å²) in [6.07, 6.45) is 9.62. The van der Waals surface area contributed by atoms with Gasteiger partial charge in [-0.25, -0.2) is 9.78 Å². The zero-order valence-electron chi connectivity index (χ0n) is 15.7. The van der Waals surface area contributed by atoms with Crippen molar-refractivity contribution in [2.75, 3.05) is 0 Å². The maximum atomic E-state index is 10.9. The van der Waals surface area contributed by atoms with Gasteiger partial charge < -0.3 is 9.67 Å². The summed E-state index contributed by atoms with van der Waals surface area (Å²) in [5.74, 6) is 4.40. The second kappa shape index (κ2) is 6.90. The molecule has 4 nitrogen and oxygen atoms in total. The number of imidazole rings is 1. The number of carboxylic acids is 1. The smallest absolute Gasteiger partial charge is 0.356 e. The summed E-state index contributed by atoms with van der Waals surface area (Å²) in [7, 11) is 0. The van der Waals surface area contributed by atoms with Crippen LogP contribution in [0.25, 0.3) is 5.69 Å². The summed E-state index contributed by atoms with van der Waals surface area (Å²) >= 11 is 0. The Morgan fingerprint density at radius 3 is 1.77 bits per heavy atom. The molecule has 4 fully saturated rings. The Morgan fingerprint density at radius 1 is 0.923 bits per heavy atom.